The van der Waals surface area contributed by atoms with Crippen molar-refractivity contribution in [2.45, 2.75) is 13.3 Å². The van der Waals surface area contributed by atoms with Crippen molar-refractivity contribution in [2.24, 2.45) is 0 Å². The summed E-state index contributed by atoms with van der Waals surface area (Å²) in [4.78, 5) is 25.3. The average Bonchev–Trinajstić information content (AvgIpc) is 2.28. The largest absolute Gasteiger partial charge is 0.491 e. The number of halogens is 2. The lowest BCUT2D eigenvalue weighted by Crippen LogP contribution is -2.22. The molecule has 0 atom stereocenters. The van der Waals surface area contributed by atoms with Crippen LogP contribution in [0.5, 0.6) is 5.75 Å². The molecule has 0 fully saturated rings. The number of pyridine rings is 1. The highest BCUT2D eigenvalue weighted by molar-refractivity contribution is 5.91. The molecule has 0 aliphatic carbocycles. The molecule has 0 radical (unpaired) electrons. The van der Waals surface area contributed by atoms with Gasteiger partial charge in [-0.15, -0.1) is 0 Å². The summed E-state index contributed by atoms with van der Waals surface area (Å²) in [6.07, 6.45) is -2.00. The van der Waals surface area contributed by atoms with Gasteiger partial charge in [0.15, 0.2) is 5.75 Å². The number of carbonyl (C=O) groups excluding carboxylic acids is 1. The van der Waals surface area contributed by atoms with Gasteiger partial charge in [0, 0.05) is 6.20 Å². The number of alkyl halides is 2. The minimum absolute atomic E-state index is 0.0157. The summed E-state index contributed by atoms with van der Waals surface area (Å²) in [5.74, 6) is -1.32. The van der Waals surface area contributed by atoms with Gasteiger partial charge in [-0.25, -0.2) is 13.6 Å². The van der Waals surface area contributed by atoms with Crippen molar-refractivity contribution in [3.63, 3.8) is 0 Å². The molecule has 1 N–H and O–H groups in total. The lowest BCUT2D eigenvalue weighted by molar-refractivity contribution is 0.0511. The van der Waals surface area contributed by atoms with Gasteiger partial charge in [0.2, 0.25) is 5.43 Å². The molecule has 5 nitrogen and oxygen atoms in total. The first-order chi connectivity index (χ1) is 8.02. The van der Waals surface area contributed by atoms with Gasteiger partial charge in [0.25, 0.3) is 6.43 Å². The zero-order chi connectivity index (χ0) is 13.0. The number of hydrogen-bond acceptors (Lipinski definition) is 4. The number of ether oxygens (including phenoxy) is 2. The number of rotatable bonds is 4. The molecule has 1 rings (SSSR count). The van der Waals surface area contributed by atoms with E-state index in [9.17, 15) is 18.4 Å². The maximum Gasteiger partial charge on any atom is 0.344 e. The van der Waals surface area contributed by atoms with Crippen molar-refractivity contribution in [3.05, 3.63) is 27.7 Å². The highest BCUT2D eigenvalue weighted by Crippen LogP contribution is 2.20. The van der Waals surface area contributed by atoms with Gasteiger partial charge in [-0.05, 0) is 6.92 Å². The van der Waals surface area contributed by atoms with Gasteiger partial charge < -0.3 is 14.5 Å². The first-order valence-corrected chi connectivity index (χ1v) is 4.77. The van der Waals surface area contributed by atoms with Crippen molar-refractivity contribution in [2.75, 3.05) is 13.7 Å². The number of methoxy groups -OCH3 is 1. The molecule has 1 aromatic rings. The van der Waals surface area contributed by atoms with Gasteiger partial charge >= 0.3 is 5.97 Å². The molecule has 0 saturated carbocycles. The van der Waals surface area contributed by atoms with Crippen molar-refractivity contribution < 1.29 is 23.0 Å². The van der Waals surface area contributed by atoms with Crippen LogP contribution in [0.3, 0.4) is 0 Å². The second-order valence-electron chi connectivity index (χ2n) is 3.00. The van der Waals surface area contributed by atoms with E-state index in [0.717, 1.165) is 6.20 Å². The van der Waals surface area contributed by atoms with Crippen molar-refractivity contribution in [1.82, 2.24) is 4.98 Å². The molecule has 0 spiro atoms. The predicted molar refractivity (Wildman–Crippen MR) is 54.5 cm³/mol. The van der Waals surface area contributed by atoms with E-state index in [0.29, 0.717) is 0 Å². The van der Waals surface area contributed by atoms with Crippen molar-refractivity contribution in [1.29, 1.82) is 0 Å². The number of hydrogen-bond donors (Lipinski definition) is 1. The second kappa shape index (κ2) is 5.42. The van der Waals surface area contributed by atoms with Gasteiger partial charge in [-0.1, -0.05) is 0 Å². The molecule has 0 bridgehead atoms. The maximum atomic E-state index is 12.6. The van der Waals surface area contributed by atoms with Gasteiger partial charge in [-0.2, -0.15) is 0 Å². The Morgan fingerprint density at radius 1 is 1.53 bits per heavy atom. The van der Waals surface area contributed by atoms with Gasteiger partial charge in [0.05, 0.1) is 13.7 Å². The summed E-state index contributed by atoms with van der Waals surface area (Å²) in [6, 6.07) is 0. The summed E-state index contributed by atoms with van der Waals surface area (Å²) in [7, 11) is 1.20. The molecule has 17 heavy (non-hydrogen) atoms. The third kappa shape index (κ3) is 2.61. The van der Waals surface area contributed by atoms with Gasteiger partial charge in [-0.3, -0.25) is 4.79 Å². The molecule has 0 saturated heterocycles. The van der Waals surface area contributed by atoms with Crippen molar-refractivity contribution >= 4 is 5.97 Å². The Kier molecular flexibility index (Phi) is 4.19. The molecule has 0 aromatic carbocycles. The minimum atomic E-state index is -2.98. The zero-order valence-electron chi connectivity index (χ0n) is 9.25. The Labute approximate surface area is 95.4 Å². The standard InChI is InChI=1S/C10H11F2NO4/c1-3-17-10(15)6-7(9(11)12)13-4-5(16-2)8(6)14/h4,9H,3H2,1-2H3,(H,13,14). The number of H-pyrrole nitrogens is 1. The van der Waals surface area contributed by atoms with E-state index in [2.05, 4.69) is 14.5 Å². The van der Waals surface area contributed by atoms with Crippen LogP contribution in [0.4, 0.5) is 8.78 Å². The average molecular weight is 247 g/mol. The topological polar surface area (TPSA) is 68.4 Å². The monoisotopic (exact) mass is 247 g/mol. The second-order valence-corrected chi connectivity index (χ2v) is 3.00. The van der Waals surface area contributed by atoms with Crippen LogP contribution < -0.4 is 10.2 Å². The predicted octanol–water partition coefficient (Wildman–Crippen LogP) is 1.50. The number of nitrogens with one attached hydrogen (secondary N) is 1. The Hall–Kier alpha value is -1.92. The lowest BCUT2D eigenvalue weighted by Gasteiger charge is -2.09. The summed E-state index contributed by atoms with van der Waals surface area (Å²) < 4.78 is 34.5. The zero-order valence-corrected chi connectivity index (χ0v) is 9.25. The summed E-state index contributed by atoms with van der Waals surface area (Å²) in [6.45, 7) is 1.49. The Morgan fingerprint density at radius 3 is 2.65 bits per heavy atom. The van der Waals surface area contributed by atoms with E-state index in [1.165, 1.54) is 14.0 Å². The fourth-order valence-corrected chi connectivity index (χ4v) is 1.26. The third-order valence-electron chi connectivity index (χ3n) is 2.00. The van der Waals surface area contributed by atoms with E-state index in [1.807, 2.05) is 0 Å². The first kappa shape index (κ1) is 13.1. The Morgan fingerprint density at radius 2 is 2.18 bits per heavy atom. The Balaban J connectivity index is 3.40. The normalized spacial score (nSPS) is 10.4. The molecule has 7 heteroatoms. The summed E-state index contributed by atoms with van der Waals surface area (Å²) >= 11 is 0. The number of aromatic nitrogens is 1. The lowest BCUT2D eigenvalue weighted by atomic mass is 10.2. The maximum absolute atomic E-state index is 12.6. The molecular formula is C10H11F2NO4. The smallest absolute Gasteiger partial charge is 0.344 e. The van der Waals surface area contributed by atoms with Crippen LogP contribution in [0, 0.1) is 0 Å². The third-order valence-corrected chi connectivity index (χ3v) is 2.00. The molecule has 1 heterocycles. The number of aromatic amines is 1. The van der Waals surface area contributed by atoms with E-state index >= 15 is 0 Å². The van der Waals surface area contributed by atoms with E-state index in [1.54, 1.807) is 0 Å². The molecule has 94 valence electrons. The van der Waals surface area contributed by atoms with Crippen molar-refractivity contribution in [3.8, 4) is 5.75 Å². The van der Waals surface area contributed by atoms with Crippen LogP contribution in [0.25, 0.3) is 0 Å². The fraction of sp³-hybridized carbons (Fsp3) is 0.400. The molecule has 0 aliphatic heterocycles. The number of carbonyl (C=O) groups is 1. The highest BCUT2D eigenvalue weighted by atomic mass is 19.3. The minimum Gasteiger partial charge on any atom is -0.491 e. The van der Waals surface area contributed by atoms with Crippen LogP contribution in [-0.2, 0) is 4.74 Å². The van der Waals surface area contributed by atoms with Gasteiger partial charge in [0.1, 0.15) is 11.3 Å². The van der Waals surface area contributed by atoms with Crippen LogP contribution in [-0.4, -0.2) is 24.7 Å². The number of esters is 1. The van der Waals surface area contributed by atoms with Crippen LogP contribution in [0.15, 0.2) is 11.0 Å². The van der Waals surface area contributed by atoms with Crippen LogP contribution >= 0.6 is 0 Å². The van der Waals surface area contributed by atoms with E-state index in [4.69, 9.17) is 0 Å². The quantitative estimate of drug-likeness (QED) is 0.818. The Bertz CT molecular complexity index is 470. The highest BCUT2D eigenvalue weighted by Gasteiger charge is 2.25. The summed E-state index contributed by atoms with van der Waals surface area (Å²) in [5, 5.41) is 0. The molecule has 0 aliphatic rings. The van der Waals surface area contributed by atoms with E-state index in [-0.39, 0.29) is 12.4 Å². The fourth-order valence-electron chi connectivity index (χ4n) is 1.26. The molecule has 1 aromatic heterocycles. The summed E-state index contributed by atoms with van der Waals surface area (Å²) in [5.41, 5.74) is -2.41. The molecular weight excluding hydrogens is 236 g/mol. The van der Waals surface area contributed by atoms with Crippen LogP contribution in [0.1, 0.15) is 29.4 Å². The van der Waals surface area contributed by atoms with E-state index < -0.39 is 29.1 Å². The molecule has 0 amide bonds. The first-order valence-electron chi connectivity index (χ1n) is 4.77. The molecule has 0 unspecified atom stereocenters. The van der Waals surface area contributed by atoms with Crippen LogP contribution in [0.2, 0.25) is 0 Å². The SMILES string of the molecule is CCOC(=O)c1c(C(F)F)[nH]cc(OC)c1=O.